The van der Waals surface area contributed by atoms with Crippen LogP contribution in [0.1, 0.15) is 15.9 Å². The molecule has 2 aromatic rings. The van der Waals surface area contributed by atoms with Gasteiger partial charge < -0.3 is 9.63 Å². The number of carbonyl (C=O) groups excluding carboxylic acids is 1. The van der Waals surface area contributed by atoms with Gasteiger partial charge in [-0.1, -0.05) is 60.7 Å². The highest BCUT2D eigenvalue weighted by molar-refractivity contribution is 7.41. The van der Waals surface area contributed by atoms with Gasteiger partial charge in [-0.3, -0.25) is 14.9 Å². The molecule has 0 saturated carbocycles. The summed E-state index contributed by atoms with van der Waals surface area (Å²) in [7, 11) is -2.00. The van der Waals surface area contributed by atoms with E-state index < -0.39 is 8.53 Å². The molecule has 2 N–H and O–H groups in total. The highest BCUT2D eigenvalue weighted by Crippen LogP contribution is 2.17. The third kappa shape index (κ3) is 6.45. The van der Waals surface area contributed by atoms with Crippen LogP contribution in [0.15, 0.2) is 60.7 Å². The van der Waals surface area contributed by atoms with E-state index in [4.69, 9.17) is 14.9 Å². The van der Waals surface area contributed by atoms with Gasteiger partial charge in [-0.25, -0.2) is 0 Å². The largest absolute Gasteiger partial charge is 0.795 e. The molecule has 1 heterocycles. The van der Waals surface area contributed by atoms with Gasteiger partial charge in [0.15, 0.2) is 5.78 Å². The number of benzene rings is 2. The predicted octanol–water partition coefficient (Wildman–Crippen LogP) is 1.71. The first-order chi connectivity index (χ1) is 11.7. The number of carbonyl (C=O) groups is 1. The number of rotatable bonds is 4. The van der Waals surface area contributed by atoms with Crippen molar-refractivity contribution in [3.63, 3.8) is 0 Å². The van der Waals surface area contributed by atoms with Gasteiger partial charge in [-0.05, 0) is 0 Å². The molecule has 2 aromatic carbocycles. The van der Waals surface area contributed by atoms with Crippen LogP contribution in [0.4, 0.5) is 0 Å². The SMILES string of the molecule is NP([O-])ON1CCOCC1.O=C(c1ccccc1)c1ccccc1. The molecule has 1 fully saturated rings. The Morgan fingerprint density at radius 1 is 1.00 bits per heavy atom. The number of hydrogen-bond donors (Lipinski definition) is 1. The van der Waals surface area contributed by atoms with Crippen molar-refractivity contribution in [2.24, 2.45) is 5.50 Å². The lowest BCUT2D eigenvalue weighted by atomic mass is 10.0. The quantitative estimate of drug-likeness (QED) is 0.669. The zero-order valence-corrected chi connectivity index (χ0v) is 14.1. The molecule has 6 nitrogen and oxygen atoms in total. The lowest BCUT2D eigenvalue weighted by Gasteiger charge is -2.30. The Kier molecular flexibility index (Phi) is 7.98. The maximum Gasteiger partial charge on any atom is 0.193 e. The molecule has 1 unspecified atom stereocenters. The highest BCUT2D eigenvalue weighted by Gasteiger charge is 2.10. The van der Waals surface area contributed by atoms with Gasteiger partial charge in [0.2, 0.25) is 0 Å². The predicted molar refractivity (Wildman–Crippen MR) is 90.9 cm³/mol. The van der Waals surface area contributed by atoms with Crippen LogP contribution in [0.25, 0.3) is 0 Å². The zero-order chi connectivity index (χ0) is 17.2. The average molecular weight is 347 g/mol. The topological polar surface area (TPSA) is 87.8 Å². The fraction of sp³-hybridized carbons (Fsp3) is 0.235. The Labute approximate surface area is 142 Å². The lowest BCUT2D eigenvalue weighted by molar-refractivity contribution is -0.219. The highest BCUT2D eigenvalue weighted by atomic mass is 31.2. The van der Waals surface area contributed by atoms with Gasteiger partial charge in [0.1, 0.15) is 0 Å². The average Bonchev–Trinajstić information content (AvgIpc) is 2.63. The first kappa shape index (κ1) is 18.7. The maximum absolute atomic E-state index is 11.8. The Morgan fingerprint density at radius 3 is 1.88 bits per heavy atom. The molecule has 0 amide bonds. The summed E-state index contributed by atoms with van der Waals surface area (Å²) < 4.78 is 9.76. The zero-order valence-electron chi connectivity index (χ0n) is 13.2. The second-order valence-electron chi connectivity index (χ2n) is 4.97. The van der Waals surface area contributed by atoms with E-state index in [-0.39, 0.29) is 5.78 Å². The van der Waals surface area contributed by atoms with Crippen LogP contribution < -0.4 is 10.4 Å². The van der Waals surface area contributed by atoms with Crippen molar-refractivity contribution >= 4 is 14.3 Å². The van der Waals surface area contributed by atoms with E-state index in [1.165, 1.54) is 0 Å². The fourth-order valence-corrected chi connectivity index (χ4v) is 2.48. The van der Waals surface area contributed by atoms with Crippen molar-refractivity contribution in [3.05, 3.63) is 71.8 Å². The Morgan fingerprint density at radius 2 is 1.46 bits per heavy atom. The van der Waals surface area contributed by atoms with Gasteiger partial charge in [0.05, 0.1) is 13.2 Å². The monoisotopic (exact) mass is 347 g/mol. The van der Waals surface area contributed by atoms with Crippen LogP contribution in [-0.2, 0) is 9.36 Å². The molecule has 3 rings (SSSR count). The molecule has 24 heavy (non-hydrogen) atoms. The van der Waals surface area contributed by atoms with Crippen LogP contribution in [0.5, 0.6) is 0 Å². The number of hydroxylamine groups is 2. The molecule has 0 aromatic heterocycles. The number of hydrogen-bond acceptors (Lipinski definition) is 6. The van der Waals surface area contributed by atoms with Gasteiger partial charge >= 0.3 is 0 Å². The van der Waals surface area contributed by atoms with Crippen molar-refractivity contribution < 1.29 is 19.0 Å². The van der Waals surface area contributed by atoms with Crippen molar-refractivity contribution in [1.82, 2.24) is 5.06 Å². The standard InChI is InChI=1S/C13H10O.C4H10N2O3P/c14-13(11-7-3-1-4-8-11)12-9-5-2-6-10-12;5-10(7)9-6-1-3-8-4-2-6/h1-10H;1-5H2/q;-1. The summed E-state index contributed by atoms with van der Waals surface area (Å²) in [5.41, 5.74) is 6.40. The summed E-state index contributed by atoms with van der Waals surface area (Å²) >= 11 is 0. The fourth-order valence-electron chi connectivity index (χ4n) is 2.09. The Balaban J connectivity index is 0.000000185. The van der Waals surface area contributed by atoms with Crippen LogP contribution in [-0.4, -0.2) is 37.1 Å². The van der Waals surface area contributed by atoms with Gasteiger partial charge in [-0.2, -0.15) is 5.06 Å². The number of ketones is 1. The molecule has 0 bridgehead atoms. The Hall–Kier alpha value is -1.66. The molecular weight excluding hydrogens is 327 g/mol. The normalized spacial score (nSPS) is 15.9. The van der Waals surface area contributed by atoms with E-state index in [1.807, 2.05) is 60.7 Å². The van der Waals surface area contributed by atoms with Crippen molar-refractivity contribution in [3.8, 4) is 0 Å². The number of nitrogens with two attached hydrogens (primary N) is 1. The number of ether oxygens (including phenoxy) is 1. The summed E-state index contributed by atoms with van der Waals surface area (Å²) in [6.07, 6.45) is 0. The third-order valence-electron chi connectivity index (χ3n) is 3.24. The molecule has 1 aliphatic rings. The molecular formula is C17H20N2O4P-. The molecule has 128 valence electrons. The first-order valence-corrected chi connectivity index (χ1v) is 8.79. The summed E-state index contributed by atoms with van der Waals surface area (Å²) in [4.78, 5) is 22.2. The molecule has 0 radical (unpaired) electrons. The third-order valence-corrected chi connectivity index (χ3v) is 3.63. The van der Waals surface area contributed by atoms with Gasteiger partial charge in [-0.15, -0.1) is 0 Å². The van der Waals surface area contributed by atoms with Crippen LogP contribution in [0.2, 0.25) is 0 Å². The minimum absolute atomic E-state index is 0.0752. The van der Waals surface area contributed by atoms with Crippen molar-refractivity contribution in [1.29, 1.82) is 0 Å². The van der Waals surface area contributed by atoms with Crippen molar-refractivity contribution in [2.75, 3.05) is 26.3 Å². The van der Waals surface area contributed by atoms with Crippen LogP contribution in [0.3, 0.4) is 0 Å². The molecule has 1 atom stereocenters. The summed E-state index contributed by atoms with van der Waals surface area (Å²) in [5.74, 6) is 0.0752. The second-order valence-corrected chi connectivity index (χ2v) is 5.70. The summed E-state index contributed by atoms with van der Waals surface area (Å²) in [5, 5.41) is 1.56. The van der Waals surface area contributed by atoms with E-state index in [1.54, 1.807) is 5.06 Å². The Bertz CT molecular complexity index is 563. The smallest absolute Gasteiger partial charge is 0.193 e. The molecule has 0 spiro atoms. The van der Waals surface area contributed by atoms with E-state index in [0.717, 1.165) is 11.1 Å². The van der Waals surface area contributed by atoms with Crippen LogP contribution >= 0.6 is 8.53 Å². The van der Waals surface area contributed by atoms with Crippen LogP contribution in [0, 0.1) is 0 Å². The van der Waals surface area contributed by atoms with E-state index in [0.29, 0.717) is 26.3 Å². The van der Waals surface area contributed by atoms with E-state index in [2.05, 4.69) is 0 Å². The van der Waals surface area contributed by atoms with Crippen molar-refractivity contribution in [2.45, 2.75) is 0 Å². The molecule has 1 saturated heterocycles. The first-order valence-electron chi connectivity index (χ1n) is 7.54. The van der Waals surface area contributed by atoms with E-state index >= 15 is 0 Å². The van der Waals surface area contributed by atoms with Gasteiger partial charge in [0.25, 0.3) is 0 Å². The molecule has 1 aliphatic heterocycles. The number of nitrogens with zero attached hydrogens (tertiary/aromatic N) is 1. The second kappa shape index (κ2) is 10.3. The summed E-state index contributed by atoms with van der Waals surface area (Å²) in [6, 6.07) is 18.6. The lowest BCUT2D eigenvalue weighted by Crippen LogP contribution is -2.36. The molecule has 0 aliphatic carbocycles. The minimum Gasteiger partial charge on any atom is -0.795 e. The molecule has 7 heteroatoms. The maximum atomic E-state index is 11.8. The van der Waals surface area contributed by atoms with E-state index in [9.17, 15) is 9.69 Å². The van der Waals surface area contributed by atoms with Gasteiger partial charge in [0, 0.05) is 32.7 Å². The number of morpholine rings is 1. The summed E-state index contributed by atoms with van der Waals surface area (Å²) in [6.45, 7) is 2.50. The minimum atomic E-state index is -2.00.